The van der Waals surface area contributed by atoms with E-state index in [0.717, 1.165) is 42.6 Å². The van der Waals surface area contributed by atoms with E-state index in [9.17, 15) is 22.4 Å². The highest BCUT2D eigenvalue weighted by Crippen LogP contribution is 2.29. The lowest BCUT2D eigenvalue weighted by Gasteiger charge is -2.31. The van der Waals surface area contributed by atoms with Gasteiger partial charge in [-0.05, 0) is 48.7 Å². The zero-order valence-corrected chi connectivity index (χ0v) is 23.7. The number of ether oxygens (including phenoxy) is 1. The molecule has 0 saturated carbocycles. The molecule has 0 atom stereocenters. The first kappa shape index (κ1) is 29.8. The number of aryl methyl sites for hydroxylation is 1. The number of hydrogen-bond acceptors (Lipinski definition) is 5. The number of carbonyl (C=O) groups is 1. The highest BCUT2D eigenvalue weighted by molar-refractivity contribution is 8.14. The molecule has 1 N–H and O–H groups in total. The predicted octanol–water partition coefficient (Wildman–Crippen LogP) is 7.37. The van der Waals surface area contributed by atoms with Gasteiger partial charge in [-0.1, -0.05) is 61.2 Å². The molecule has 1 aromatic heterocycles. The van der Waals surface area contributed by atoms with Gasteiger partial charge in [0.1, 0.15) is 17.9 Å². The topological polar surface area (TPSA) is 84.6 Å². The van der Waals surface area contributed by atoms with Gasteiger partial charge >= 0.3 is 12.4 Å². The number of aliphatic imine (C=N–C) groups is 1. The first-order valence-electron chi connectivity index (χ1n) is 13.3. The Morgan fingerprint density at radius 3 is 2.56 bits per heavy atom. The SMILES string of the molecule is CCc1ccccc1N1CCCSC1=NC(=O)N/C=C(\F)c1ccc(-c2ncn(-c3ccc(OC(F)(F)F)cc3)n2)cc1. The Balaban J connectivity index is 1.23. The van der Waals surface area contributed by atoms with E-state index in [1.165, 1.54) is 59.2 Å². The van der Waals surface area contributed by atoms with E-state index in [1.54, 1.807) is 12.1 Å². The highest BCUT2D eigenvalue weighted by atomic mass is 32.2. The number of urea groups is 1. The molecular formula is C30H26F4N6O2S. The van der Waals surface area contributed by atoms with Crippen LogP contribution in [0.5, 0.6) is 5.75 Å². The van der Waals surface area contributed by atoms with Crippen LogP contribution in [0.1, 0.15) is 24.5 Å². The molecule has 1 aliphatic heterocycles. The van der Waals surface area contributed by atoms with E-state index in [1.807, 2.05) is 23.1 Å². The largest absolute Gasteiger partial charge is 0.573 e. The minimum Gasteiger partial charge on any atom is -0.406 e. The maximum absolute atomic E-state index is 14.9. The number of alkyl halides is 3. The van der Waals surface area contributed by atoms with Crippen LogP contribution in [0.25, 0.3) is 22.9 Å². The van der Waals surface area contributed by atoms with Crippen molar-refractivity contribution in [1.82, 2.24) is 20.1 Å². The molecule has 1 fully saturated rings. The summed E-state index contributed by atoms with van der Waals surface area (Å²) in [4.78, 5) is 23.0. The van der Waals surface area contributed by atoms with E-state index in [0.29, 0.717) is 22.2 Å². The molecule has 2 heterocycles. The van der Waals surface area contributed by atoms with Gasteiger partial charge in [0, 0.05) is 35.3 Å². The van der Waals surface area contributed by atoms with Crippen LogP contribution >= 0.6 is 11.8 Å². The van der Waals surface area contributed by atoms with Crippen molar-refractivity contribution >= 4 is 34.5 Å². The molecule has 4 aromatic rings. The predicted molar refractivity (Wildman–Crippen MR) is 159 cm³/mol. The highest BCUT2D eigenvalue weighted by Gasteiger charge is 2.31. The van der Waals surface area contributed by atoms with Gasteiger partial charge in [0.05, 0.1) is 5.69 Å². The molecule has 5 rings (SSSR count). The van der Waals surface area contributed by atoms with Crippen LogP contribution in [-0.2, 0) is 6.42 Å². The van der Waals surface area contributed by atoms with Crippen molar-refractivity contribution in [2.24, 2.45) is 4.99 Å². The fraction of sp³-hybridized carbons (Fsp3) is 0.200. The molecule has 0 bridgehead atoms. The molecule has 13 heteroatoms. The van der Waals surface area contributed by atoms with Crippen molar-refractivity contribution < 1.29 is 27.1 Å². The number of para-hydroxylation sites is 1. The van der Waals surface area contributed by atoms with Gasteiger partial charge in [-0.15, -0.1) is 18.3 Å². The van der Waals surface area contributed by atoms with E-state index < -0.39 is 18.2 Å². The number of nitrogens with zero attached hydrogens (tertiary/aromatic N) is 5. The zero-order chi connectivity index (χ0) is 30.4. The Hall–Kier alpha value is -4.65. The fourth-order valence-electron chi connectivity index (χ4n) is 4.38. The molecular weight excluding hydrogens is 584 g/mol. The van der Waals surface area contributed by atoms with Crippen molar-refractivity contribution in [2.45, 2.75) is 26.1 Å². The van der Waals surface area contributed by atoms with Crippen LogP contribution in [0.4, 0.5) is 28.0 Å². The molecule has 43 heavy (non-hydrogen) atoms. The van der Waals surface area contributed by atoms with E-state index in [4.69, 9.17) is 0 Å². The van der Waals surface area contributed by atoms with Crippen LogP contribution in [0.2, 0.25) is 0 Å². The van der Waals surface area contributed by atoms with Crippen LogP contribution < -0.4 is 15.0 Å². The summed E-state index contributed by atoms with van der Waals surface area (Å²) in [6, 6.07) is 18.8. The number of hydrogen-bond donors (Lipinski definition) is 1. The first-order valence-corrected chi connectivity index (χ1v) is 14.3. The summed E-state index contributed by atoms with van der Waals surface area (Å²) in [6.07, 6.45) is -0.595. The summed E-state index contributed by atoms with van der Waals surface area (Å²) in [6.45, 7) is 2.81. The number of carbonyl (C=O) groups excluding carboxylic acids is 1. The average molecular weight is 611 g/mol. The van der Waals surface area contributed by atoms with Gasteiger partial charge in [0.15, 0.2) is 11.0 Å². The lowest BCUT2D eigenvalue weighted by atomic mass is 10.1. The third-order valence-corrected chi connectivity index (χ3v) is 7.48. The van der Waals surface area contributed by atoms with Gasteiger partial charge in [-0.25, -0.2) is 18.9 Å². The van der Waals surface area contributed by atoms with Crippen LogP contribution in [-0.4, -0.2) is 44.6 Å². The Kier molecular flexibility index (Phi) is 9.10. The Morgan fingerprint density at radius 1 is 1.09 bits per heavy atom. The second-order valence-electron chi connectivity index (χ2n) is 9.30. The molecule has 8 nitrogen and oxygen atoms in total. The number of halogens is 4. The Bertz CT molecular complexity index is 1640. The van der Waals surface area contributed by atoms with Crippen molar-refractivity contribution in [3.8, 4) is 22.8 Å². The normalized spacial score (nSPS) is 15.0. The summed E-state index contributed by atoms with van der Waals surface area (Å²) in [5, 5.41) is 7.32. The smallest absolute Gasteiger partial charge is 0.406 e. The number of amides is 2. The third-order valence-electron chi connectivity index (χ3n) is 6.42. The summed E-state index contributed by atoms with van der Waals surface area (Å²) in [5.74, 6) is 0.154. The number of anilines is 1. The van der Waals surface area contributed by atoms with Crippen LogP contribution in [0.3, 0.4) is 0 Å². The quantitative estimate of drug-likeness (QED) is 0.220. The number of nitrogens with one attached hydrogen (secondary N) is 1. The molecule has 0 spiro atoms. The Morgan fingerprint density at radius 2 is 1.84 bits per heavy atom. The second kappa shape index (κ2) is 13.1. The van der Waals surface area contributed by atoms with E-state index in [2.05, 4.69) is 38.1 Å². The summed E-state index contributed by atoms with van der Waals surface area (Å²) in [5.41, 5.74) is 3.45. The second-order valence-corrected chi connectivity index (χ2v) is 10.4. The molecule has 0 aliphatic carbocycles. The number of thioether (sulfide) groups is 1. The molecule has 1 aliphatic rings. The third kappa shape index (κ3) is 7.60. The zero-order valence-electron chi connectivity index (χ0n) is 22.9. The molecule has 2 amide bonds. The van der Waals surface area contributed by atoms with Gasteiger partial charge in [-0.2, -0.15) is 4.99 Å². The van der Waals surface area contributed by atoms with Crippen LogP contribution in [0.15, 0.2) is 90.3 Å². The van der Waals surface area contributed by atoms with E-state index >= 15 is 0 Å². The molecule has 0 radical (unpaired) electrons. The maximum Gasteiger partial charge on any atom is 0.573 e. The lowest BCUT2D eigenvalue weighted by Crippen LogP contribution is -2.36. The molecule has 0 unspecified atom stereocenters. The van der Waals surface area contributed by atoms with Crippen molar-refractivity contribution in [3.63, 3.8) is 0 Å². The molecule has 3 aromatic carbocycles. The number of amidine groups is 1. The molecule has 222 valence electrons. The molecule has 1 saturated heterocycles. The Labute approximate surface area is 249 Å². The summed E-state index contributed by atoms with van der Waals surface area (Å²) < 4.78 is 57.3. The van der Waals surface area contributed by atoms with Gasteiger partial charge in [0.2, 0.25) is 0 Å². The standard InChI is InChI=1S/C30H26F4N6O2S/c1-2-20-6-3-4-7-26(20)39-16-5-17-43-29(39)37-28(41)35-18-25(31)21-8-10-22(11-9-21)27-36-19-40(38-27)23-12-14-24(15-13-23)42-30(32,33)34/h3-4,6-15,18-19H,2,5,16-17H2,1H3,(H,35,41)/b25-18-,37-29?. The van der Waals surface area contributed by atoms with Gasteiger partial charge in [-0.3, -0.25) is 0 Å². The minimum atomic E-state index is -4.78. The lowest BCUT2D eigenvalue weighted by molar-refractivity contribution is -0.274. The number of aromatic nitrogens is 3. The summed E-state index contributed by atoms with van der Waals surface area (Å²) in [7, 11) is 0. The van der Waals surface area contributed by atoms with Gasteiger partial charge < -0.3 is 15.0 Å². The van der Waals surface area contributed by atoms with Crippen molar-refractivity contribution in [2.75, 3.05) is 17.2 Å². The summed E-state index contributed by atoms with van der Waals surface area (Å²) >= 11 is 1.49. The number of rotatable bonds is 7. The van der Waals surface area contributed by atoms with E-state index in [-0.39, 0.29) is 11.3 Å². The number of benzene rings is 3. The first-order chi connectivity index (χ1) is 20.7. The maximum atomic E-state index is 14.9. The van der Waals surface area contributed by atoms with Crippen molar-refractivity contribution in [1.29, 1.82) is 0 Å². The average Bonchev–Trinajstić information content (AvgIpc) is 3.50. The van der Waals surface area contributed by atoms with Crippen LogP contribution in [0, 0.1) is 0 Å². The monoisotopic (exact) mass is 610 g/mol. The fourth-order valence-corrected chi connectivity index (χ4v) is 5.32. The van der Waals surface area contributed by atoms with Gasteiger partial charge in [0.25, 0.3) is 0 Å². The minimum absolute atomic E-state index is 0.224. The van der Waals surface area contributed by atoms with Crippen molar-refractivity contribution in [3.05, 3.63) is 96.5 Å².